The molecule has 0 amide bonds. The average molecular weight is 1110 g/mol. The van der Waals surface area contributed by atoms with Gasteiger partial charge in [-0.2, -0.15) is 0 Å². The average Bonchev–Trinajstić information content (AvgIpc) is 4.28. The Hall–Kier alpha value is -0.500. The molecule has 5 aliphatic heterocycles. The Morgan fingerprint density at radius 2 is 0.861 bits per heavy atom. The van der Waals surface area contributed by atoms with Gasteiger partial charge < -0.3 is 29.0 Å². The Labute approximate surface area is 495 Å². The van der Waals surface area contributed by atoms with E-state index >= 15 is 0 Å². The lowest BCUT2D eigenvalue weighted by molar-refractivity contribution is -0.150. The van der Waals surface area contributed by atoms with E-state index in [0.717, 1.165) is 105 Å². The van der Waals surface area contributed by atoms with E-state index in [4.69, 9.17) is 23.7 Å². The molecule has 9 aliphatic carbocycles. The third-order valence-corrected chi connectivity index (χ3v) is 16.8. The normalized spacial score (nSPS) is 31.7. The van der Waals surface area contributed by atoms with Crippen LogP contribution < -0.4 is 5.32 Å². The van der Waals surface area contributed by atoms with Crippen molar-refractivity contribution in [2.45, 2.75) is 329 Å². The number of ether oxygens (including phenoxy) is 5. The fraction of sp³-hybridized carbons (Fsp3) is 0.973. The molecule has 0 aromatic rings. The van der Waals surface area contributed by atoms with E-state index < -0.39 is 0 Å². The maximum atomic E-state index is 5.48. The predicted molar refractivity (Wildman–Crippen MR) is 345 cm³/mol. The summed E-state index contributed by atoms with van der Waals surface area (Å²) in [6, 6.07) is 0. The first kappa shape index (κ1) is 74.6. The smallest absolute Gasteiger partial charge is 0.168 e. The number of hydrogen-bond acceptors (Lipinski definition) is 6. The molecule has 8 saturated carbocycles. The third-order valence-electron chi connectivity index (χ3n) is 16.8. The van der Waals surface area contributed by atoms with Crippen LogP contribution in [0.5, 0.6) is 0 Å². The van der Waals surface area contributed by atoms with Crippen LogP contribution in [0.15, 0.2) is 12.2 Å². The van der Waals surface area contributed by atoms with Gasteiger partial charge in [-0.05, 0) is 218 Å². The Morgan fingerprint density at radius 3 is 1.25 bits per heavy atom. The molecule has 6 bridgehead atoms. The second-order valence-electron chi connectivity index (χ2n) is 31.4. The van der Waals surface area contributed by atoms with E-state index in [1.54, 1.807) is 64.2 Å². The van der Waals surface area contributed by atoms with Crippen LogP contribution in [0.3, 0.4) is 0 Å². The highest BCUT2D eigenvalue weighted by molar-refractivity contribution is 5.03. The first-order chi connectivity index (χ1) is 37.4. The molecule has 5 unspecified atom stereocenters. The largest absolute Gasteiger partial charge is 0.381 e. The lowest BCUT2D eigenvalue weighted by Crippen LogP contribution is -2.40. The van der Waals surface area contributed by atoms with Crippen LogP contribution in [-0.2, 0) is 23.7 Å². The number of rotatable bonds is 0. The Morgan fingerprint density at radius 1 is 0.430 bits per heavy atom. The topological polar surface area (TPSA) is 58.2 Å². The van der Waals surface area contributed by atoms with Crippen LogP contribution in [-0.4, -0.2) is 64.3 Å². The fourth-order valence-corrected chi connectivity index (χ4v) is 14.0. The van der Waals surface area contributed by atoms with Crippen LogP contribution in [0.2, 0.25) is 0 Å². The second kappa shape index (κ2) is 42.3. The van der Waals surface area contributed by atoms with Crippen molar-refractivity contribution in [2.75, 3.05) is 46.1 Å². The summed E-state index contributed by atoms with van der Waals surface area (Å²) in [5.41, 5.74) is 1.41. The summed E-state index contributed by atoms with van der Waals surface area (Å²) in [4.78, 5) is 0. The summed E-state index contributed by atoms with van der Waals surface area (Å²) >= 11 is 0. The summed E-state index contributed by atoms with van der Waals surface area (Å²) in [5, 5.41) is 3.44. The first-order valence-corrected chi connectivity index (χ1v) is 35.0. The lowest BCUT2D eigenvalue weighted by atomic mass is 9.56. The van der Waals surface area contributed by atoms with Gasteiger partial charge in [0, 0.05) is 31.4 Å². The minimum atomic E-state index is -0.111. The highest BCUT2D eigenvalue weighted by atomic mass is 16.7. The minimum absolute atomic E-state index is 0.111. The standard InChI is InChI=1S/C10H16.C10H18.C8H15NO.C8H12.C7H12O2.C6H10O2.6C4H10/c1-7-2-9-4-8(1)5-10(3-7)6-9;1-2-6-10(7-3-1)8-4-5-9-10;1-2-8(6-9-4-1)3-5-10-7-8;1-3-7-5-2-6-8(7)4-1;1-2-4-7(3-1)8-5-6-9-7;1-2-5-4-7-6(3-1)8-5;6*1-4(2)3/h7-10H,1-6H2;1-9H2;9H,1-7H2;1,3,7-8H,2,4-6H2;1-6H2;5-6H,1-4H2;6*4H,1-3H3. The van der Waals surface area contributed by atoms with Crippen molar-refractivity contribution in [2.24, 2.45) is 81.8 Å². The van der Waals surface area contributed by atoms with Crippen LogP contribution in [0.25, 0.3) is 0 Å². The van der Waals surface area contributed by atoms with Gasteiger partial charge in [0.25, 0.3) is 0 Å². The molecule has 5 heterocycles. The molecule has 6 nitrogen and oxygen atoms in total. The molecule has 1 N–H and O–H groups in total. The SMILES string of the molecule is C1=CC2CCCC2C1.C1C2CC3CC1CC(C2)C3.C1CC2COC(C1)O2.C1CCC2(C1)OCCO2.C1CCC2(CC1)CCCC2.C1CNCC2(C1)CCOC2.CC(C)C.CC(C)C.CC(C)C.CC(C)C.CC(C)C.CC(C)C. The van der Waals surface area contributed by atoms with Gasteiger partial charge in [-0.15, -0.1) is 0 Å². The molecule has 6 heteroatoms. The van der Waals surface area contributed by atoms with Gasteiger partial charge in [0.1, 0.15) is 0 Å². The molecule has 0 radical (unpaired) electrons. The molecule has 5 atom stereocenters. The molecule has 470 valence electrons. The molecule has 0 aromatic heterocycles. The summed E-state index contributed by atoms with van der Waals surface area (Å²) < 4.78 is 27.0. The van der Waals surface area contributed by atoms with E-state index in [1.807, 2.05) is 0 Å². The van der Waals surface area contributed by atoms with E-state index in [1.165, 1.54) is 139 Å². The van der Waals surface area contributed by atoms with E-state index in [-0.39, 0.29) is 12.1 Å². The van der Waals surface area contributed by atoms with Crippen molar-refractivity contribution < 1.29 is 23.7 Å². The molecule has 14 aliphatic rings. The van der Waals surface area contributed by atoms with Crippen molar-refractivity contribution in [3.63, 3.8) is 0 Å². The van der Waals surface area contributed by atoms with E-state index in [0.29, 0.717) is 11.5 Å². The third kappa shape index (κ3) is 36.2. The quantitative estimate of drug-likeness (QED) is 0.244. The van der Waals surface area contributed by atoms with Gasteiger partial charge in [-0.25, -0.2) is 0 Å². The molecular formula is C73H143NO5. The molecule has 5 saturated heterocycles. The van der Waals surface area contributed by atoms with Crippen molar-refractivity contribution in [1.29, 1.82) is 0 Å². The molecule has 14 rings (SSSR count). The van der Waals surface area contributed by atoms with Gasteiger partial charge in [-0.1, -0.05) is 175 Å². The van der Waals surface area contributed by atoms with Gasteiger partial charge in [0.2, 0.25) is 0 Å². The number of fused-ring (bicyclic) bond motifs is 3. The minimum Gasteiger partial charge on any atom is -0.381 e. The molecular weight excluding hydrogens is 971 g/mol. The van der Waals surface area contributed by atoms with E-state index in [9.17, 15) is 0 Å². The molecule has 3 spiro atoms. The van der Waals surface area contributed by atoms with Gasteiger partial charge in [-0.3, -0.25) is 0 Å². The monoisotopic (exact) mass is 1110 g/mol. The van der Waals surface area contributed by atoms with E-state index in [2.05, 4.69) is 142 Å². The van der Waals surface area contributed by atoms with Crippen LogP contribution in [0.4, 0.5) is 0 Å². The molecule has 79 heavy (non-hydrogen) atoms. The summed E-state index contributed by atoms with van der Waals surface area (Å²) in [6.07, 6.45) is 47.1. The molecule has 13 fully saturated rings. The second-order valence-corrected chi connectivity index (χ2v) is 31.4. The maximum absolute atomic E-state index is 5.48. The number of piperidine rings is 1. The van der Waals surface area contributed by atoms with Gasteiger partial charge in [0.15, 0.2) is 12.1 Å². The number of allylic oxidation sites excluding steroid dienone is 2. The number of hydrogen-bond donors (Lipinski definition) is 1. The predicted octanol–water partition coefficient (Wildman–Crippen LogP) is 21.7. The zero-order chi connectivity index (χ0) is 58.7. The van der Waals surface area contributed by atoms with Crippen LogP contribution >= 0.6 is 0 Å². The van der Waals surface area contributed by atoms with Gasteiger partial charge in [0.05, 0.1) is 32.5 Å². The Bertz CT molecular complexity index is 1230. The van der Waals surface area contributed by atoms with Crippen molar-refractivity contribution >= 4 is 0 Å². The lowest BCUT2D eigenvalue weighted by Gasteiger charge is -2.49. The summed E-state index contributed by atoms with van der Waals surface area (Å²) in [5.74, 6) is 11.7. The zero-order valence-electron chi connectivity index (χ0n) is 56.7. The zero-order valence-corrected chi connectivity index (χ0v) is 56.7. The van der Waals surface area contributed by atoms with Crippen molar-refractivity contribution in [3.8, 4) is 0 Å². The Balaban J connectivity index is 0.000000301. The summed E-state index contributed by atoms with van der Waals surface area (Å²) in [6.45, 7) is 45.8. The van der Waals surface area contributed by atoms with Crippen molar-refractivity contribution in [1.82, 2.24) is 5.32 Å². The van der Waals surface area contributed by atoms with Crippen LogP contribution in [0, 0.1) is 81.8 Å². The maximum Gasteiger partial charge on any atom is 0.168 e. The highest BCUT2D eigenvalue weighted by Crippen LogP contribution is 2.53. The van der Waals surface area contributed by atoms with Crippen LogP contribution in [0.1, 0.15) is 311 Å². The highest BCUT2D eigenvalue weighted by Gasteiger charge is 2.42. The number of nitrogens with one attached hydrogen (secondary N) is 1. The van der Waals surface area contributed by atoms with Gasteiger partial charge >= 0.3 is 0 Å². The fourth-order valence-electron chi connectivity index (χ4n) is 14.0. The Kier molecular flexibility index (Phi) is 40.0. The summed E-state index contributed by atoms with van der Waals surface area (Å²) in [7, 11) is 0. The molecule has 0 aromatic carbocycles. The first-order valence-electron chi connectivity index (χ1n) is 35.0. The van der Waals surface area contributed by atoms with Crippen molar-refractivity contribution in [3.05, 3.63) is 12.2 Å².